The summed E-state index contributed by atoms with van der Waals surface area (Å²) in [5.41, 5.74) is 1.91. The van der Waals surface area contributed by atoms with Gasteiger partial charge in [-0.1, -0.05) is 35.6 Å². The lowest BCUT2D eigenvalue weighted by atomic mass is 9.54. The van der Waals surface area contributed by atoms with Crippen LogP contribution in [0.25, 0.3) is 17.4 Å². The summed E-state index contributed by atoms with van der Waals surface area (Å²) in [5, 5.41) is 10.0. The monoisotopic (exact) mass is 513 g/mol. The Labute approximate surface area is 214 Å². The van der Waals surface area contributed by atoms with Crippen LogP contribution in [0.4, 0.5) is 0 Å². The number of aliphatic hydroxyl groups is 1. The van der Waals surface area contributed by atoms with Gasteiger partial charge < -0.3 is 9.52 Å². The maximum Gasteiger partial charge on any atom is 0.266 e. The van der Waals surface area contributed by atoms with E-state index in [-0.39, 0.29) is 18.6 Å². The van der Waals surface area contributed by atoms with Crippen LogP contribution in [0.1, 0.15) is 49.8 Å². The van der Waals surface area contributed by atoms with Gasteiger partial charge in [-0.25, -0.2) is 0 Å². The number of thioether (sulfide) groups is 1. The Kier molecular flexibility index (Phi) is 6.13. The van der Waals surface area contributed by atoms with Crippen molar-refractivity contribution in [3.8, 4) is 11.3 Å². The molecule has 0 unspecified atom stereocenters. The lowest BCUT2D eigenvalue weighted by Crippen LogP contribution is -2.57. The molecule has 178 valence electrons. The zero-order chi connectivity index (χ0) is 23.4. The number of hydrogen-bond donors (Lipinski definition) is 1. The smallest absolute Gasteiger partial charge is 0.266 e. The van der Waals surface area contributed by atoms with E-state index in [2.05, 4.69) is 0 Å². The number of carbonyl (C=O) groups is 1. The Morgan fingerprint density at radius 3 is 2.44 bits per heavy atom. The summed E-state index contributed by atoms with van der Waals surface area (Å²) in [6.45, 7) is 0.107. The molecule has 0 spiro atoms. The molecule has 4 nitrogen and oxygen atoms in total. The van der Waals surface area contributed by atoms with Crippen molar-refractivity contribution >= 4 is 51.9 Å². The van der Waals surface area contributed by atoms with Crippen LogP contribution in [0.3, 0.4) is 0 Å². The highest BCUT2D eigenvalue weighted by molar-refractivity contribution is 8.26. The molecule has 4 aliphatic carbocycles. The fourth-order valence-corrected chi connectivity index (χ4v) is 8.40. The van der Waals surface area contributed by atoms with Crippen molar-refractivity contribution in [1.29, 1.82) is 0 Å². The van der Waals surface area contributed by atoms with E-state index in [0.29, 0.717) is 44.7 Å². The molecule has 1 aromatic carbocycles. The maximum atomic E-state index is 13.6. The van der Waals surface area contributed by atoms with E-state index in [1.165, 1.54) is 43.9 Å². The fourth-order valence-electron chi connectivity index (χ4n) is 6.96. The molecule has 4 saturated carbocycles. The minimum absolute atomic E-state index is 0.0324. The summed E-state index contributed by atoms with van der Waals surface area (Å²) >= 11 is 13.2. The third-order valence-electron chi connectivity index (χ3n) is 8.14. The SMILES string of the molecule is O=C1C(=Cc2oc(-c3ccc(Cl)cc3)cc2CCCO)SC(=S)N1C1C2CC3CC(C2)CC1C3. The van der Waals surface area contributed by atoms with Gasteiger partial charge in [0.05, 0.1) is 4.91 Å². The summed E-state index contributed by atoms with van der Waals surface area (Å²) in [6.07, 6.45) is 9.57. The number of carbonyl (C=O) groups excluding carboxylic acids is 1. The molecule has 0 radical (unpaired) electrons. The van der Waals surface area contributed by atoms with E-state index in [9.17, 15) is 9.90 Å². The first-order valence-corrected chi connectivity index (χ1v) is 13.9. The predicted molar refractivity (Wildman–Crippen MR) is 140 cm³/mol. The highest BCUT2D eigenvalue weighted by atomic mass is 35.5. The second-order valence-corrected chi connectivity index (χ2v) is 12.4. The molecule has 1 amide bonds. The van der Waals surface area contributed by atoms with Gasteiger partial charge in [-0.3, -0.25) is 9.69 Å². The molecule has 2 aromatic rings. The van der Waals surface area contributed by atoms with Gasteiger partial charge in [0.1, 0.15) is 15.8 Å². The second-order valence-electron chi connectivity index (χ2n) is 10.3. The van der Waals surface area contributed by atoms with Gasteiger partial charge in [0.2, 0.25) is 0 Å². The Hall–Kier alpha value is -1.60. The number of aliphatic hydroxyl groups excluding tert-OH is 1. The second kappa shape index (κ2) is 9.12. The van der Waals surface area contributed by atoms with Crippen LogP contribution in [0, 0.1) is 23.7 Å². The summed E-state index contributed by atoms with van der Waals surface area (Å²) in [6, 6.07) is 9.79. The third kappa shape index (κ3) is 4.06. The molecule has 4 bridgehead atoms. The van der Waals surface area contributed by atoms with Crippen molar-refractivity contribution in [2.45, 2.75) is 51.0 Å². The van der Waals surface area contributed by atoms with Gasteiger partial charge in [0, 0.05) is 29.3 Å². The van der Waals surface area contributed by atoms with Gasteiger partial charge in [0.25, 0.3) is 5.91 Å². The van der Waals surface area contributed by atoms with Crippen LogP contribution >= 0.6 is 35.6 Å². The molecule has 7 rings (SSSR count). The van der Waals surface area contributed by atoms with E-state index in [1.54, 1.807) is 0 Å². The van der Waals surface area contributed by atoms with E-state index >= 15 is 0 Å². The molecule has 2 heterocycles. The number of hydrogen-bond acceptors (Lipinski definition) is 5. The lowest BCUT2D eigenvalue weighted by molar-refractivity contribution is -0.130. The van der Waals surface area contributed by atoms with Gasteiger partial charge in [-0.05, 0) is 105 Å². The molecular formula is C27H28ClNO3S2. The van der Waals surface area contributed by atoms with Crippen molar-refractivity contribution in [1.82, 2.24) is 4.90 Å². The average Bonchev–Trinajstić information content (AvgIpc) is 3.33. The Morgan fingerprint density at radius 1 is 1.12 bits per heavy atom. The maximum absolute atomic E-state index is 13.6. The van der Waals surface area contributed by atoms with E-state index in [0.717, 1.165) is 28.7 Å². The summed E-state index contributed by atoms with van der Waals surface area (Å²) < 4.78 is 6.92. The number of aryl methyl sites for hydroxylation is 1. The van der Waals surface area contributed by atoms with E-state index in [4.69, 9.17) is 28.2 Å². The van der Waals surface area contributed by atoms with Crippen LogP contribution in [0.5, 0.6) is 0 Å². The van der Waals surface area contributed by atoms with Crippen molar-refractivity contribution in [3.05, 3.63) is 51.6 Å². The highest BCUT2D eigenvalue weighted by Gasteiger charge is 2.53. The summed E-state index contributed by atoms with van der Waals surface area (Å²) in [4.78, 5) is 16.2. The lowest BCUT2D eigenvalue weighted by Gasteiger charge is -2.56. The van der Waals surface area contributed by atoms with E-state index < -0.39 is 0 Å². The van der Waals surface area contributed by atoms with Crippen LogP contribution < -0.4 is 0 Å². The van der Waals surface area contributed by atoms with Crippen molar-refractivity contribution < 1.29 is 14.3 Å². The van der Waals surface area contributed by atoms with Gasteiger partial charge in [-0.2, -0.15) is 0 Å². The van der Waals surface area contributed by atoms with Crippen molar-refractivity contribution in [2.24, 2.45) is 23.7 Å². The molecule has 1 aromatic heterocycles. The molecule has 7 heteroatoms. The van der Waals surface area contributed by atoms with Crippen molar-refractivity contribution in [3.63, 3.8) is 0 Å². The number of rotatable bonds is 6. The molecule has 34 heavy (non-hydrogen) atoms. The van der Waals surface area contributed by atoms with E-state index in [1.807, 2.05) is 41.3 Å². The largest absolute Gasteiger partial charge is 0.456 e. The fraction of sp³-hybridized carbons (Fsp3) is 0.481. The minimum atomic E-state index is 0.0324. The first kappa shape index (κ1) is 22.8. The molecule has 5 aliphatic rings. The average molecular weight is 514 g/mol. The topological polar surface area (TPSA) is 53.7 Å². The zero-order valence-corrected chi connectivity index (χ0v) is 21.3. The number of nitrogens with zero attached hydrogens (tertiary/aromatic N) is 1. The molecule has 0 atom stereocenters. The molecule has 1 N–H and O–H groups in total. The van der Waals surface area contributed by atoms with Crippen LogP contribution in [0.15, 0.2) is 39.7 Å². The molecular weight excluding hydrogens is 486 g/mol. The van der Waals surface area contributed by atoms with Crippen LogP contribution in [-0.4, -0.2) is 32.9 Å². The Balaban J connectivity index is 1.30. The van der Waals surface area contributed by atoms with Gasteiger partial charge in [0.15, 0.2) is 0 Å². The normalized spacial score (nSPS) is 31.3. The minimum Gasteiger partial charge on any atom is -0.456 e. The number of amides is 1. The number of thiocarbonyl (C=S) groups is 1. The quantitative estimate of drug-likeness (QED) is 0.350. The molecule has 1 aliphatic heterocycles. The summed E-state index contributed by atoms with van der Waals surface area (Å²) in [7, 11) is 0. The first-order chi connectivity index (χ1) is 16.5. The summed E-state index contributed by atoms with van der Waals surface area (Å²) in [5.74, 6) is 4.34. The Morgan fingerprint density at radius 2 is 1.79 bits per heavy atom. The number of benzene rings is 1. The Bertz CT molecular complexity index is 1130. The van der Waals surface area contributed by atoms with Crippen LogP contribution in [0.2, 0.25) is 5.02 Å². The number of halogens is 1. The van der Waals surface area contributed by atoms with Gasteiger partial charge >= 0.3 is 0 Å². The number of furan rings is 1. The standard InChI is InChI=1S/C27H28ClNO3S2/c28-21-5-3-17(4-6-21)22-13-18(2-1-7-30)23(32-22)14-24-26(31)29(27(33)34-24)25-19-9-15-8-16(11-19)12-20(25)10-15/h3-6,13-16,19-20,25,30H,1-2,7-12H2. The predicted octanol–water partition coefficient (Wildman–Crippen LogP) is 6.55. The van der Waals surface area contributed by atoms with Crippen molar-refractivity contribution in [2.75, 3.05) is 6.61 Å². The molecule has 5 fully saturated rings. The highest BCUT2D eigenvalue weighted by Crippen LogP contribution is 2.56. The first-order valence-electron chi connectivity index (χ1n) is 12.3. The van der Waals surface area contributed by atoms with Gasteiger partial charge in [-0.15, -0.1) is 0 Å². The van der Waals surface area contributed by atoms with Crippen LogP contribution in [-0.2, 0) is 11.2 Å². The molecule has 1 saturated heterocycles. The zero-order valence-electron chi connectivity index (χ0n) is 18.9. The third-order valence-corrected chi connectivity index (χ3v) is 9.72.